The number of benzene rings is 1. The van der Waals surface area contributed by atoms with Gasteiger partial charge >= 0.3 is 0 Å². The molecule has 0 saturated heterocycles. The van der Waals surface area contributed by atoms with Gasteiger partial charge in [-0.05, 0) is 103 Å². The van der Waals surface area contributed by atoms with Gasteiger partial charge in [0, 0.05) is 0 Å². The van der Waals surface area contributed by atoms with Gasteiger partial charge < -0.3 is 5.11 Å². The van der Waals surface area contributed by atoms with Crippen molar-refractivity contribution in [1.82, 2.24) is 0 Å². The zero-order valence-corrected chi connectivity index (χ0v) is 16.1. The molecule has 24 heavy (non-hydrogen) atoms. The molecule has 0 aliphatic heterocycles. The summed E-state index contributed by atoms with van der Waals surface area (Å²) < 4.78 is 0. The van der Waals surface area contributed by atoms with Crippen LogP contribution < -0.4 is 0 Å². The highest BCUT2D eigenvalue weighted by Gasteiger charge is 2.52. The van der Waals surface area contributed by atoms with Crippen LogP contribution in [-0.2, 0) is 12.8 Å². The van der Waals surface area contributed by atoms with E-state index in [4.69, 9.17) is 0 Å². The third-order valence-corrected chi connectivity index (χ3v) is 7.93. The number of phenols is 1. The second-order valence-corrected chi connectivity index (χ2v) is 9.03. The van der Waals surface area contributed by atoms with E-state index in [0.29, 0.717) is 11.2 Å². The van der Waals surface area contributed by atoms with Crippen molar-refractivity contribution in [3.8, 4) is 5.75 Å². The Balaban J connectivity index is 1.70. The highest BCUT2D eigenvalue weighted by atomic mass is 32.2. The molecule has 1 nitrogen and oxygen atoms in total. The minimum atomic E-state index is 0.451. The molecule has 0 amide bonds. The van der Waals surface area contributed by atoms with Gasteiger partial charge in [-0.25, -0.2) is 0 Å². The number of allylic oxidation sites excluding steroid dienone is 1. The topological polar surface area (TPSA) is 20.2 Å². The van der Waals surface area contributed by atoms with Crippen molar-refractivity contribution in [2.24, 2.45) is 17.3 Å². The number of rotatable bonds is 2. The van der Waals surface area contributed by atoms with E-state index in [0.717, 1.165) is 36.2 Å². The third kappa shape index (κ3) is 2.36. The minimum absolute atomic E-state index is 0.451. The Labute approximate surface area is 150 Å². The summed E-state index contributed by atoms with van der Waals surface area (Å²) in [5.41, 5.74) is 6.31. The van der Waals surface area contributed by atoms with E-state index in [1.165, 1.54) is 37.7 Å². The standard InChI is InChI=1S/C22H30OS/c1-4-14-11-19-15(12-21(14)23)5-7-18-17(19)9-10-22(2)16(13-24-3)6-8-20(18)22/h11-13,17-18,20,23H,4-10H2,1-3H3/b16-13+/t17?,18?,20?,22-/m1/s1. The van der Waals surface area contributed by atoms with Gasteiger partial charge in [0.1, 0.15) is 5.75 Å². The highest BCUT2D eigenvalue weighted by Crippen LogP contribution is 2.63. The van der Waals surface area contributed by atoms with Gasteiger partial charge in [-0.15, -0.1) is 11.8 Å². The molecule has 2 heteroatoms. The van der Waals surface area contributed by atoms with Crippen LogP contribution in [0.1, 0.15) is 68.6 Å². The van der Waals surface area contributed by atoms with Gasteiger partial charge in [-0.1, -0.05) is 25.5 Å². The molecule has 1 aromatic rings. The molecular weight excluding hydrogens is 312 g/mol. The Kier molecular flexibility index (Phi) is 4.23. The fourth-order valence-corrected chi connectivity index (χ4v) is 6.79. The fourth-order valence-electron chi connectivity index (χ4n) is 6.12. The van der Waals surface area contributed by atoms with Crippen molar-refractivity contribution >= 4 is 11.8 Å². The Bertz CT molecular complexity index is 677. The van der Waals surface area contributed by atoms with E-state index in [2.05, 4.69) is 37.6 Å². The summed E-state index contributed by atoms with van der Waals surface area (Å²) >= 11 is 1.89. The van der Waals surface area contributed by atoms with Crippen molar-refractivity contribution in [1.29, 1.82) is 0 Å². The van der Waals surface area contributed by atoms with Crippen LogP contribution in [0.4, 0.5) is 0 Å². The summed E-state index contributed by atoms with van der Waals surface area (Å²) in [7, 11) is 0. The third-order valence-electron chi connectivity index (χ3n) is 7.41. The smallest absolute Gasteiger partial charge is 0.119 e. The maximum Gasteiger partial charge on any atom is 0.119 e. The number of phenolic OH excluding ortho intramolecular Hbond substituents is 1. The number of aromatic hydroxyl groups is 1. The van der Waals surface area contributed by atoms with Crippen molar-refractivity contribution in [3.05, 3.63) is 39.8 Å². The van der Waals surface area contributed by atoms with E-state index in [9.17, 15) is 5.11 Å². The fraction of sp³-hybridized carbons (Fsp3) is 0.636. The zero-order valence-electron chi connectivity index (χ0n) is 15.3. The second kappa shape index (κ2) is 6.12. The highest BCUT2D eigenvalue weighted by molar-refractivity contribution is 8.01. The number of hydrogen-bond acceptors (Lipinski definition) is 2. The summed E-state index contributed by atoms with van der Waals surface area (Å²) in [6.45, 7) is 4.70. The molecule has 1 N–H and O–H groups in total. The van der Waals surface area contributed by atoms with Crippen LogP contribution in [0, 0.1) is 17.3 Å². The molecule has 0 aromatic heterocycles. The first-order valence-electron chi connectivity index (χ1n) is 9.65. The van der Waals surface area contributed by atoms with Crippen molar-refractivity contribution < 1.29 is 5.11 Å². The summed E-state index contributed by atoms with van der Waals surface area (Å²) in [5.74, 6) is 2.95. The first kappa shape index (κ1) is 16.6. The van der Waals surface area contributed by atoms with Gasteiger partial charge in [0.2, 0.25) is 0 Å². The van der Waals surface area contributed by atoms with Gasteiger partial charge in [-0.3, -0.25) is 0 Å². The molecule has 0 bridgehead atoms. The van der Waals surface area contributed by atoms with E-state index < -0.39 is 0 Å². The van der Waals surface area contributed by atoms with Crippen LogP contribution in [0.15, 0.2) is 23.1 Å². The maximum atomic E-state index is 10.2. The lowest BCUT2D eigenvalue weighted by Gasteiger charge is -2.49. The number of thioether (sulfide) groups is 1. The first-order chi connectivity index (χ1) is 11.6. The Morgan fingerprint density at radius 2 is 2.08 bits per heavy atom. The monoisotopic (exact) mass is 342 g/mol. The number of aryl methyl sites for hydroxylation is 2. The molecule has 0 heterocycles. The van der Waals surface area contributed by atoms with Crippen LogP contribution >= 0.6 is 11.8 Å². The van der Waals surface area contributed by atoms with E-state index in [1.807, 2.05) is 11.8 Å². The molecule has 1 aromatic carbocycles. The maximum absolute atomic E-state index is 10.2. The summed E-state index contributed by atoms with van der Waals surface area (Å²) in [4.78, 5) is 0. The Morgan fingerprint density at radius 3 is 2.83 bits per heavy atom. The lowest BCUT2D eigenvalue weighted by molar-refractivity contribution is 0.0815. The quantitative estimate of drug-likeness (QED) is 0.705. The van der Waals surface area contributed by atoms with E-state index in [-0.39, 0.29) is 0 Å². The first-order valence-corrected chi connectivity index (χ1v) is 10.9. The minimum Gasteiger partial charge on any atom is -0.508 e. The van der Waals surface area contributed by atoms with E-state index >= 15 is 0 Å². The Hall–Kier alpha value is -0.890. The molecule has 0 spiro atoms. The molecule has 130 valence electrons. The summed E-state index contributed by atoms with van der Waals surface area (Å²) in [6, 6.07) is 4.42. The van der Waals surface area contributed by atoms with Crippen LogP contribution in [0.2, 0.25) is 0 Å². The average molecular weight is 343 g/mol. The molecule has 2 fully saturated rings. The van der Waals surface area contributed by atoms with Crippen molar-refractivity contribution in [2.75, 3.05) is 6.26 Å². The number of hydrogen-bond donors (Lipinski definition) is 1. The molecule has 0 radical (unpaired) electrons. The summed E-state index contributed by atoms with van der Waals surface area (Å²) in [6.07, 6.45) is 11.0. The molecule has 3 aliphatic carbocycles. The van der Waals surface area contributed by atoms with Crippen molar-refractivity contribution in [2.45, 2.75) is 64.7 Å². The largest absolute Gasteiger partial charge is 0.508 e. The predicted octanol–water partition coefficient (Wildman–Crippen LogP) is 6.06. The normalized spacial score (nSPS) is 36.3. The molecule has 4 atom stereocenters. The Morgan fingerprint density at radius 1 is 1.25 bits per heavy atom. The van der Waals surface area contributed by atoms with Crippen LogP contribution in [0.3, 0.4) is 0 Å². The zero-order chi connectivity index (χ0) is 16.9. The lowest BCUT2D eigenvalue weighted by atomic mass is 9.55. The summed E-state index contributed by atoms with van der Waals surface area (Å²) in [5, 5.41) is 12.7. The SMILES string of the molecule is CCc1cc2c(cc1O)CCC1C2CC[C@]2(C)/C(=C/SC)CCC12. The van der Waals surface area contributed by atoms with E-state index in [1.54, 1.807) is 11.1 Å². The van der Waals surface area contributed by atoms with Gasteiger partial charge in [-0.2, -0.15) is 0 Å². The predicted molar refractivity (Wildman–Crippen MR) is 104 cm³/mol. The van der Waals surface area contributed by atoms with Crippen LogP contribution in [0.5, 0.6) is 5.75 Å². The molecular formula is C22H30OS. The molecule has 3 aliphatic rings. The van der Waals surface area contributed by atoms with Gasteiger partial charge in [0.05, 0.1) is 0 Å². The van der Waals surface area contributed by atoms with Crippen LogP contribution in [-0.4, -0.2) is 11.4 Å². The van der Waals surface area contributed by atoms with Crippen molar-refractivity contribution in [3.63, 3.8) is 0 Å². The molecule has 4 rings (SSSR count). The lowest BCUT2D eigenvalue weighted by Crippen LogP contribution is -2.40. The molecule has 2 saturated carbocycles. The molecule has 3 unspecified atom stereocenters. The van der Waals surface area contributed by atoms with Crippen LogP contribution in [0.25, 0.3) is 0 Å². The van der Waals surface area contributed by atoms with Gasteiger partial charge in [0.15, 0.2) is 0 Å². The number of fused-ring (bicyclic) bond motifs is 5. The average Bonchev–Trinajstić information content (AvgIpc) is 2.91. The van der Waals surface area contributed by atoms with Gasteiger partial charge in [0.25, 0.3) is 0 Å². The second-order valence-electron chi connectivity index (χ2n) is 8.32.